The summed E-state index contributed by atoms with van der Waals surface area (Å²) in [5, 5.41) is 6.72. The molecule has 1 aromatic heterocycles. The van der Waals surface area contributed by atoms with Gasteiger partial charge >= 0.3 is 0 Å². The molecule has 1 unspecified atom stereocenters. The van der Waals surface area contributed by atoms with Gasteiger partial charge in [0.2, 0.25) is 0 Å². The van der Waals surface area contributed by atoms with Crippen molar-refractivity contribution in [3.63, 3.8) is 0 Å². The number of thiophene rings is 1. The van der Waals surface area contributed by atoms with Crippen LogP contribution in [0.2, 0.25) is 5.02 Å². The fourth-order valence-corrected chi connectivity index (χ4v) is 3.66. The Morgan fingerprint density at radius 3 is 2.79 bits per heavy atom. The van der Waals surface area contributed by atoms with Crippen molar-refractivity contribution in [1.29, 1.82) is 0 Å². The van der Waals surface area contributed by atoms with Crippen LogP contribution in [0.15, 0.2) is 35.7 Å². The van der Waals surface area contributed by atoms with Gasteiger partial charge in [-0.05, 0) is 70.6 Å². The van der Waals surface area contributed by atoms with Crippen LogP contribution in [0.5, 0.6) is 0 Å². The number of halogens is 2. The summed E-state index contributed by atoms with van der Waals surface area (Å²) >= 11 is 10.4. The maximum atomic E-state index is 6.27. The molecule has 1 N–H and O–H groups in total. The van der Waals surface area contributed by atoms with Crippen molar-refractivity contribution >= 4 is 45.5 Å². The number of rotatable bonds is 6. The molecule has 0 amide bonds. The zero-order chi connectivity index (χ0) is 13.7. The van der Waals surface area contributed by atoms with Crippen LogP contribution in [-0.2, 0) is 6.42 Å². The molecular weight excluding hydrogens is 389 g/mol. The van der Waals surface area contributed by atoms with Gasteiger partial charge in [0.15, 0.2) is 0 Å². The Kier molecular flexibility index (Phi) is 6.13. The lowest BCUT2D eigenvalue weighted by molar-refractivity contribution is 0.530. The Hall–Kier alpha value is -0.100. The van der Waals surface area contributed by atoms with E-state index in [2.05, 4.69) is 58.4 Å². The summed E-state index contributed by atoms with van der Waals surface area (Å²) in [6, 6.07) is 10.7. The molecule has 2 aromatic rings. The lowest BCUT2D eigenvalue weighted by Crippen LogP contribution is -2.23. The molecule has 1 aromatic carbocycles. The SMILES string of the molecule is CCCNC(Cc1ccccc1Cl)c1csc(I)c1. The summed E-state index contributed by atoms with van der Waals surface area (Å²) in [7, 11) is 0. The number of benzene rings is 1. The molecule has 19 heavy (non-hydrogen) atoms. The minimum Gasteiger partial charge on any atom is -0.310 e. The van der Waals surface area contributed by atoms with Crippen LogP contribution in [0, 0.1) is 2.88 Å². The first kappa shape index (κ1) is 15.3. The van der Waals surface area contributed by atoms with Crippen molar-refractivity contribution in [2.45, 2.75) is 25.8 Å². The van der Waals surface area contributed by atoms with E-state index in [1.54, 1.807) is 11.3 Å². The van der Waals surface area contributed by atoms with Gasteiger partial charge in [-0.2, -0.15) is 0 Å². The summed E-state index contributed by atoms with van der Waals surface area (Å²) in [6.45, 7) is 3.22. The fourth-order valence-electron chi connectivity index (χ4n) is 2.02. The molecule has 4 heteroatoms. The van der Waals surface area contributed by atoms with Gasteiger partial charge in [-0.15, -0.1) is 11.3 Å². The summed E-state index contributed by atoms with van der Waals surface area (Å²) in [6.07, 6.45) is 2.08. The maximum Gasteiger partial charge on any atom is 0.0656 e. The van der Waals surface area contributed by atoms with Crippen LogP contribution in [0.1, 0.15) is 30.5 Å². The Morgan fingerprint density at radius 1 is 1.37 bits per heavy atom. The van der Waals surface area contributed by atoms with E-state index in [0.717, 1.165) is 24.4 Å². The van der Waals surface area contributed by atoms with E-state index in [0.29, 0.717) is 6.04 Å². The van der Waals surface area contributed by atoms with E-state index in [4.69, 9.17) is 11.6 Å². The third-order valence-electron chi connectivity index (χ3n) is 3.01. The third-order valence-corrected chi connectivity index (χ3v) is 5.19. The van der Waals surface area contributed by atoms with Gasteiger partial charge in [0, 0.05) is 11.1 Å². The van der Waals surface area contributed by atoms with Gasteiger partial charge in [0.1, 0.15) is 0 Å². The lowest BCUT2D eigenvalue weighted by atomic mass is 10.0. The zero-order valence-corrected chi connectivity index (χ0v) is 14.6. The van der Waals surface area contributed by atoms with E-state index < -0.39 is 0 Å². The van der Waals surface area contributed by atoms with Crippen LogP contribution in [0.3, 0.4) is 0 Å². The highest BCUT2D eigenvalue weighted by Gasteiger charge is 2.14. The van der Waals surface area contributed by atoms with Crippen molar-refractivity contribution in [3.05, 3.63) is 54.7 Å². The topological polar surface area (TPSA) is 12.0 Å². The summed E-state index contributed by atoms with van der Waals surface area (Å²) in [5.41, 5.74) is 2.57. The highest BCUT2D eigenvalue weighted by Crippen LogP contribution is 2.27. The number of nitrogens with one attached hydrogen (secondary N) is 1. The molecule has 0 aliphatic heterocycles. The van der Waals surface area contributed by atoms with Gasteiger partial charge in [-0.1, -0.05) is 36.7 Å². The largest absolute Gasteiger partial charge is 0.310 e. The molecule has 0 saturated heterocycles. The van der Waals surface area contributed by atoms with Gasteiger partial charge in [-0.3, -0.25) is 0 Å². The molecule has 0 aliphatic carbocycles. The highest BCUT2D eigenvalue weighted by atomic mass is 127. The van der Waals surface area contributed by atoms with Crippen LogP contribution < -0.4 is 5.32 Å². The van der Waals surface area contributed by atoms with Crippen molar-refractivity contribution in [1.82, 2.24) is 5.32 Å². The average Bonchev–Trinajstić information content (AvgIpc) is 2.83. The molecule has 0 saturated carbocycles. The molecule has 102 valence electrons. The minimum atomic E-state index is 0.347. The molecule has 1 nitrogen and oxygen atoms in total. The first-order chi connectivity index (χ1) is 9.20. The van der Waals surface area contributed by atoms with E-state index >= 15 is 0 Å². The first-order valence-electron chi connectivity index (χ1n) is 6.41. The van der Waals surface area contributed by atoms with Crippen molar-refractivity contribution < 1.29 is 0 Å². The van der Waals surface area contributed by atoms with Crippen LogP contribution in [-0.4, -0.2) is 6.54 Å². The van der Waals surface area contributed by atoms with Crippen LogP contribution in [0.4, 0.5) is 0 Å². The number of hydrogen-bond donors (Lipinski definition) is 1. The van der Waals surface area contributed by atoms with E-state index in [-0.39, 0.29) is 0 Å². The Bertz CT molecular complexity index is 526. The lowest BCUT2D eigenvalue weighted by Gasteiger charge is -2.18. The molecule has 1 atom stereocenters. The van der Waals surface area contributed by atoms with Crippen molar-refractivity contribution in [2.75, 3.05) is 6.54 Å². The first-order valence-corrected chi connectivity index (χ1v) is 8.75. The fraction of sp³-hybridized carbons (Fsp3) is 0.333. The molecule has 0 spiro atoms. The zero-order valence-electron chi connectivity index (χ0n) is 10.8. The summed E-state index contributed by atoms with van der Waals surface area (Å²) in [5.74, 6) is 0. The highest BCUT2D eigenvalue weighted by molar-refractivity contribution is 14.1. The average molecular weight is 406 g/mol. The van der Waals surface area contributed by atoms with E-state index in [1.807, 2.05) is 12.1 Å². The monoisotopic (exact) mass is 405 g/mol. The van der Waals surface area contributed by atoms with Gasteiger partial charge in [0.05, 0.1) is 2.88 Å². The predicted molar refractivity (Wildman–Crippen MR) is 93.2 cm³/mol. The molecule has 0 aliphatic rings. The van der Waals surface area contributed by atoms with Crippen molar-refractivity contribution in [2.24, 2.45) is 0 Å². The molecule has 0 bridgehead atoms. The normalized spacial score (nSPS) is 12.6. The van der Waals surface area contributed by atoms with Gasteiger partial charge in [0.25, 0.3) is 0 Å². The molecule has 0 fully saturated rings. The third kappa shape index (κ3) is 4.45. The second-order valence-electron chi connectivity index (χ2n) is 4.49. The van der Waals surface area contributed by atoms with Crippen LogP contribution in [0.25, 0.3) is 0 Å². The van der Waals surface area contributed by atoms with Crippen LogP contribution >= 0.6 is 45.5 Å². The predicted octanol–water partition coefficient (Wildman–Crippen LogP) is 5.29. The number of hydrogen-bond acceptors (Lipinski definition) is 2. The van der Waals surface area contributed by atoms with Crippen molar-refractivity contribution in [3.8, 4) is 0 Å². The maximum absolute atomic E-state index is 6.27. The second-order valence-corrected chi connectivity index (χ2v) is 7.70. The second kappa shape index (κ2) is 7.62. The summed E-state index contributed by atoms with van der Waals surface area (Å²) in [4.78, 5) is 0. The van der Waals surface area contributed by atoms with E-state index in [1.165, 1.54) is 14.0 Å². The molecule has 2 rings (SSSR count). The Morgan fingerprint density at radius 2 is 2.16 bits per heavy atom. The minimum absolute atomic E-state index is 0.347. The Balaban J connectivity index is 2.16. The molecule has 0 radical (unpaired) electrons. The summed E-state index contributed by atoms with van der Waals surface area (Å²) < 4.78 is 1.33. The quantitative estimate of drug-likeness (QED) is 0.644. The van der Waals surface area contributed by atoms with E-state index in [9.17, 15) is 0 Å². The smallest absolute Gasteiger partial charge is 0.0656 e. The van der Waals surface area contributed by atoms with Gasteiger partial charge < -0.3 is 5.32 Å². The molecule has 1 heterocycles. The van der Waals surface area contributed by atoms with Gasteiger partial charge in [-0.25, -0.2) is 0 Å². The standard InChI is InChI=1S/C15H17ClINS/c1-2-7-18-14(12-9-15(17)19-10-12)8-11-5-3-4-6-13(11)16/h3-6,9-10,14,18H,2,7-8H2,1H3. The molecular formula is C15H17ClINS. The Labute approximate surface area is 137 Å².